The molecule has 1 fully saturated rings. The summed E-state index contributed by atoms with van der Waals surface area (Å²) < 4.78 is 12.6. The molecule has 1 aromatic heterocycles. The first-order valence-electron chi connectivity index (χ1n) is 12.7. The number of benzene rings is 3. The van der Waals surface area contributed by atoms with Gasteiger partial charge in [0.2, 0.25) is 11.8 Å². The van der Waals surface area contributed by atoms with Gasteiger partial charge in [-0.3, -0.25) is 14.5 Å². The number of nitrogens with one attached hydrogen (secondary N) is 1. The average Bonchev–Trinajstić information content (AvgIpc) is 3.61. The molecular formula is C29H31N5O4. The number of hydrogen-bond donors (Lipinski definition) is 1. The van der Waals surface area contributed by atoms with Gasteiger partial charge in [0.15, 0.2) is 0 Å². The predicted octanol–water partition coefficient (Wildman–Crippen LogP) is 3.82. The molecule has 0 aliphatic carbocycles. The fourth-order valence-electron chi connectivity index (χ4n) is 4.70. The van der Waals surface area contributed by atoms with Crippen molar-refractivity contribution < 1.29 is 19.1 Å². The summed E-state index contributed by atoms with van der Waals surface area (Å²) in [5.74, 6) is 0.0683. The SMILES string of the molecule is COc1ccc(N(C(=O)Cn2nnc3ccccc32)C(C(=O)NCC2CCCO2)c2ccc(C)cc2)cc1. The van der Waals surface area contributed by atoms with Crippen LogP contribution >= 0.6 is 0 Å². The number of anilines is 1. The van der Waals surface area contributed by atoms with Crippen LogP contribution in [0.25, 0.3) is 11.0 Å². The Balaban J connectivity index is 1.53. The van der Waals surface area contributed by atoms with Crippen LogP contribution < -0.4 is 15.0 Å². The van der Waals surface area contributed by atoms with Crippen molar-refractivity contribution in [2.24, 2.45) is 0 Å². The fraction of sp³-hybridized carbons (Fsp3) is 0.310. The first-order chi connectivity index (χ1) is 18.5. The molecule has 2 atom stereocenters. The van der Waals surface area contributed by atoms with Crippen molar-refractivity contribution in [3.05, 3.63) is 83.9 Å². The lowest BCUT2D eigenvalue weighted by Gasteiger charge is -2.32. The van der Waals surface area contributed by atoms with Crippen LogP contribution in [-0.2, 0) is 20.9 Å². The fourth-order valence-corrected chi connectivity index (χ4v) is 4.70. The Kier molecular flexibility index (Phi) is 7.65. The van der Waals surface area contributed by atoms with Gasteiger partial charge in [-0.05, 0) is 61.7 Å². The van der Waals surface area contributed by atoms with E-state index in [2.05, 4.69) is 15.6 Å². The van der Waals surface area contributed by atoms with E-state index in [9.17, 15) is 9.59 Å². The molecule has 4 aromatic rings. The zero-order chi connectivity index (χ0) is 26.5. The molecule has 2 amide bonds. The number of carbonyl (C=O) groups excluding carboxylic acids is 2. The predicted molar refractivity (Wildman–Crippen MR) is 144 cm³/mol. The van der Waals surface area contributed by atoms with Gasteiger partial charge >= 0.3 is 0 Å². The summed E-state index contributed by atoms with van der Waals surface area (Å²) in [6.07, 6.45) is 1.85. The molecule has 38 heavy (non-hydrogen) atoms. The molecule has 2 heterocycles. The molecule has 0 bridgehead atoms. The van der Waals surface area contributed by atoms with Crippen LogP contribution in [0, 0.1) is 6.92 Å². The van der Waals surface area contributed by atoms with E-state index in [-0.39, 0.29) is 24.5 Å². The number of ether oxygens (including phenoxy) is 2. The number of para-hydroxylation sites is 1. The van der Waals surface area contributed by atoms with Crippen LogP contribution in [0.4, 0.5) is 5.69 Å². The van der Waals surface area contributed by atoms with Gasteiger partial charge in [-0.15, -0.1) is 5.10 Å². The maximum absolute atomic E-state index is 14.1. The Morgan fingerprint density at radius 2 is 1.87 bits per heavy atom. The number of carbonyl (C=O) groups is 2. The molecule has 0 radical (unpaired) electrons. The van der Waals surface area contributed by atoms with Crippen molar-refractivity contribution >= 4 is 28.5 Å². The normalized spacial score (nSPS) is 15.8. The third-order valence-electron chi connectivity index (χ3n) is 6.75. The maximum atomic E-state index is 14.1. The average molecular weight is 514 g/mol. The van der Waals surface area contributed by atoms with E-state index in [4.69, 9.17) is 9.47 Å². The third-order valence-corrected chi connectivity index (χ3v) is 6.75. The minimum absolute atomic E-state index is 0.0238. The second kappa shape index (κ2) is 11.4. The molecule has 2 unspecified atom stereocenters. The molecule has 0 spiro atoms. The van der Waals surface area contributed by atoms with Crippen molar-refractivity contribution in [1.82, 2.24) is 20.3 Å². The smallest absolute Gasteiger partial charge is 0.249 e. The molecule has 1 N–H and O–H groups in total. The summed E-state index contributed by atoms with van der Waals surface area (Å²) in [7, 11) is 1.58. The minimum atomic E-state index is -0.910. The van der Waals surface area contributed by atoms with Crippen LogP contribution in [-0.4, -0.2) is 53.2 Å². The summed E-state index contributed by atoms with van der Waals surface area (Å²) in [4.78, 5) is 29.4. The Labute approximate surface area is 221 Å². The van der Waals surface area contributed by atoms with E-state index in [1.807, 2.05) is 55.5 Å². The topological polar surface area (TPSA) is 98.6 Å². The summed E-state index contributed by atoms with van der Waals surface area (Å²) in [5.41, 5.74) is 3.76. The van der Waals surface area contributed by atoms with E-state index in [1.165, 1.54) is 4.90 Å². The maximum Gasteiger partial charge on any atom is 0.249 e. The molecule has 1 saturated heterocycles. The number of methoxy groups -OCH3 is 1. The molecule has 1 aliphatic heterocycles. The standard InChI is InChI=1S/C29H31N5O4/c1-20-9-11-21(12-10-20)28(29(36)30-18-24-6-5-17-38-24)34(22-13-15-23(37-2)16-14-22)27(35)19-33-26-8-4-3-7-25(26)31-32-33/h3-4,7-16,24,28H,5-6,17-19H2,1-2H3,(H,30,36). The van der Waals surface area contributed by atoms with E-state index in [0.29, 0.717) is 35.7 Å². The van der Waals surface area contributed by atoms with Gasteiger partial charge in [-0.2, -0.15) is 0 Å². The number of amides is 2. The number of aromatic nitrogens is 3. The Hall–Kier alpha value is -4.24. The Morgan fingerprint density at radius 1 is 1.11 bits per heavy atom. The molecule has 1 aliphatic rings. The first-order valence-corrected chi connectivity index (χ1v) is 12.7. The van der Waals surface area contributed by atoms with Crippen LogP contribution in [0.15, 0.2) is 72.8 Å². The van der Waals surface area contributed by atoms with Crippen molar-refractivity contribution in [1.29, 1.82) is 0 Å². The number of fused-ring (bicyclic) bond motifs is 1. The monoisotopic (exact) mass is 513 g/mol. The third kappa shape index (κ3) is 5.52. The van der Waals surface area contributed by atoms with Gasteiger partial charge in [0.05, 0.1) is 18.7 Å². The highest BCUT2D eigenvalue weighted by molar-refractivity contribution is 6.01. The zero-order valence-corrected chi connectivity index (χ0v) is 21.5. The lowest BCUT2D eigenvalue weighted by Crippen LogP contribution is -2.46. The zero-order valence-electron chi connectivity index (χ0n) is 21.5. The number of rotatable bonds is 9. The van der Waals surface area contributed by atoms with Gasteiger partial charge in [-0.1, -0.05) is 47.2 Å². The van der Waals surface area contributed by atoms with Gasteiger partial charge in [0, 0.05) is 18.8 Å². The van der Waals surface area contributed by atoms with Gasteiger partial charge < -0.3 is 14.8 Å². The summed E-state index contributed by atoms with van der Waals surface area (Å²) in [5, 5.41) is 11.4. The molecule has 3 aromatic carbocycles. The second-order valence-corrected chi connectivity index (χ2v) is 9.39. The van der Waals surface area contributed by atoms with Gasteiger partial charge in [-0.25, -0.2) is 4.68 Å². The Bertz CT molecular complexity index is 1390. The van der Waals surface area contributed by atoms with Crippen molar-refractivity contribution in [2.75, 3.05) is 25.2 Å². The molecular weight excluding hydrogens is 482 g/mol. The van der Waals surface area contributed by atoms with Gasteiger partial charge in [0.1, 0.15) is 23.9 Å². The first kappa shape index (κ1) is 25.4. The largest absolute Gasteiger partial charge is 0.497 e. The molecule has 5 rings (SSSR count). The van der Waals surface area contributed by atoms with E-state index < -0.39 is 6.04 Å². The van der Waals surface area contributed by atoms with Crippen LogP contribution in [0.2, 0.25) is 0 Å². The highest BCUT2D eigenvalue weighted by Crippen LogP contribution is 2.30. The highest BCUT2D eigenvalue weighted by atomic mass is 16.5. The Morgan fingerprint density at radius 3 is 2.58 bits per heavy atom. The van der Waals surface area contributed by atoms with Crippen molar-refractivity contribution in [2.45, 2.75) is 38.5 Å². The molecule has 0 saturated carbocycles. The molecule has 9 heteroatoms. The van der Waals surface area contributed by atoms with E-state index >= 15 is 0 Å². The summed E-state index contributed by atoms with van der Waals surface area (Å²) in [6, 6.07) is 21.3. The van der Waals surface area contributed by atoms with Crippen LogP contribution in [0.1, 0.15) is 30.0 Å². The second-order valence-electron chi connectivity index (χ2n) is 9.39. The minimum Gasteiger partial charge on any atom is -0.497 e. The van der Waals surface area contributed by atoms with E-state index in [1.54, 1.807) is 36.1 Å². The van der Waals surface area contributed by atoms with Crippen LogP contribution in [0.3, 0.4) is 0 Å². The van der Waals surface area contributed by atoms with Crippen LogP contribution in [0.5, 0.6) is 5.75 Å². The van der Waals surface area contributed by atoms with Crippen molar-refractivity contribution in [3.8, 4) is 5.75 Å². The number of aryl methyl sites for hydroxylation is 1. The molecule has 9 nitrogen and oxygen atoms in total. The highest BCUT2D eigenvalue weighted by Gasteiger charge is 2.34. The summed E-state index contributed by atoms with van der Waals surface area (Å²) >= 11 is 0. The van der Waals surface area contributed by atoms with Gasteiger partial charge in [0.25, 0.3) is 0 Å². The number of nitrogens with zero attached hydrogens (tertiary/aromatic N) is 4. The quantitative estimate of drug-likeness (QED) is 0.365. The lowest BCUT2D eigenvalue weighted by molar-refractivity contribution is -0.127. The molecule has 196 valence electrons. The summed E-state index contributed by atoms with van der Waals surface area (Å²) in [6.45, 7) is 2.98. The van der Waals surface area contributed by atoms with Crippen molar-refractivity contribution in [3.63, 3.8) is 0 Å². The van der Waals surface area contributed by atoms with E-state index in [0.717, 1.165) is 23.9 Å². The number of hydrogen-bond acceptors (Lipinski definition) is 6. The lowest BCUT2D eigenvalue weighted by atomic mass is 10.0.